The largest absolute Gasteiger partial charge is 0.479 e. The van der Waals surface area contributed by atoms with Crippen molar-refractivity contribution in [2.45, 2.75) is 37.8 Å². The van der Waals surface area contributed by atoms with Crippen LogP contribution in [0.3, 0.4) is 0 Å². The molecule has 0 radical (unpaired) electrons. The molecule has 1 saturated heterocycles. The number of aliphatic carboxylic acids is 1. The molecule has 0 aromatic carbocycles. The number of ether oxygens (including phenoxy) is 1. The molecule has 3 rings (SSSR count). The Hall–Kier alpha value is -1.80. The number of hydrogen-bond donors (Lipinski definition) is 1. The lowest BCUT2D eigenvalue weighted by Crippen LogP contribution is -2.40. The third-order valence-electron chi connectivity index (χ3n) is 3.62. The molecule has 0 spiro atoms. The van der Waals surface area contributed by atoms with Crippen LogP contribution in [0.25, 0.3) is 0 Å². The molecule has 0 aliphatic carbocycles. The van der Waals surface area contributed by atoms with Crippen molar-refractivity contribution >= 4 is 17.5 Å². The van der Waals surface area contributed by atoms with E-state index in [0.29, 0.717) is 25.3 Å². The minimum atomic E-state index is -1.13. The molecule has 8 heteroatoms. The van der Waals surface area contributed by atoms with Crippen molar-refractivity contribution in [2.75, 3.05) is 6.61 Å². The average Bonchev–Trinajstić information content (AvgIpc) is 3.19. The fraction of sp³-hybridized carbons (Fsp3) is 0.538. The van der Waals surface area contributed by atoms with Gasteiger partial charge in [0.2, 0.25) is 0 Å². The third kappa shape index (κ3) is 3.11. The molecule has 0 amide bonds. The number of hydrogen-bond acceptors (Lipinski definition) is 6. The van der Waals surface area contributed by atoms with Crippen molar-refractivity contribution in [1.29, 1.82) is 0 Å². The van der Waals surface area contributed by atoms with Crippen LogP contribution in [0.1, 0.15) is 23.4 Å². The van der Waals surface area contributed by atoms with E-state index in [0.717, 1.165) is 12.8 Å². The minimum absolute atomic E-state index is 0.267. The van der Waals surface area contributed by atoms with Crippen LogP contribution >= 0.6 is 11.5 Å². The Morgan fingerprint density at radius 3 is 3.14 bits per heavy atom. The number of rotatable bonds is 6. The molecular weight excluding hydrogens is 292 g/mol. The van der Waals surface area contributed by atoms with Gasteiger partial charge in [0.15, 0.2) is 5.60 Å². The zero-order valence-corrected chi connectivity index (χ0v) is 12.3. The number of carbonyl (C=O) groups is 1. The van der Waals surface area contributed by atoms with E-state index >= 15 is 0 Å². The highest BCUT2D eigenvalue weighted by Crippen LogP contribution is 2.29. The van der Waals surface area contributed by atoms with Crippen LogP contribution in [-0.4, -0.2) is 42.7 Å². The predicted molar refractivity (Wildman–Crippen MR) is 75.1 cm³/mol. The van der Waals surface area contributed by atoms with E-state index in [-0.39, 0.29) is 6.42 Å². The van der Waals surface area contributed by atoms with Crippen molar-refractivity contribution in [3.63, 3.8) is 0 Å². The molecule has 3 heterocycles. The van der Waals surface area contributed by atoms with Crippen LogP contribution in [-0.2, 0) is 28.9 Å². The number of nitrogens with zero attached hydrogens (tertiary/aromatic N) is 4. The van der Waals surface area contributed by atoms with Gasteiger partial charge in [-0.3, -0.25) is 4.68 Å². The molecule has 7 nitrogen and oxygen atoms in total. The van der Waals surface area contributed by atoms with E-state index in [1.807, 2.05) is 6.07 Å². The Kier molecular flexibility index (Phi) is 3.98. The lowest BCUT2D eigenvalue weighted by Gasteiger charge is -2.21. The SMILES string of the molecule is O=C(O)C1(Cc2cn(CCc3ccns3)nn2)CCCO1. The summed E-state index contributed by atoms with van der Waals surface area (Å²) in [6, 6.07) is 1.98. The summed E-state index contributed by atoms with van der Waals surface area (Å²) in [6.07, 6.45) is 5.98. The van der Waals surface area contributed by atoms with Gasteiger partial charge in [0.1, 0.15) is 0 Å². The zero-order valence-electron chi connectivity index (χ0n) is 11.4. The van der Waals surface area contributed by atoms with Crippen molar-refractivity contribution in [3.8, 4) is 0 Å². The van der Waals surface area contributed by atoms with Gasteiger partial charge in [0, 0.05) is 43.3 Å². The Labute approximate surface area is 125 Å². The van der Waals surface area contributed by atoms with Crippen LogP contribution < -0.4 is 0 Å². The Morgan fingerprint density at radius 1 is 1.57 bits per heavy atom. The van der Waals surface area contributed by atoms with E-state index < -0.39 is 11.6 Å². The molecular formula is C13H16N4O3S. The summed E-state index contributed by atoms with van der Waals surface area (Å²) < 4.78 is 11.2. The molecule has 1 fully saturated rings. The van der Waals surface area contributed by atoms with Gasteiger partial charge in [-0.25, -0.2) is 9.17 Å². The summed E-state index contributed by atoms with van der Waals surface area (Å²) >= 11 is 1.47. The number of carboxylic acid groups (broad SMARTS) is 1. The van der Waals surface area contributed by atoms with Gasteiger partial charge < -0.3 is 9.84 Å². The molecule has 1 unspecified atom stereocenters. The summed E-state index contributed by atoms with van der Waals surface area (Å²) in [5.41, 5.74) is -0.470. The predicted octanol–water partition coefficient (Wildman–Crippen LogP) is 1.15. The van der Waals surface area contributed by atoms with E-state index in [1.54, 1.807) is 17.1 Å². The first-order valence-corrected chi connectivity index (χ1v) is 7.61. The standard InChI is InChI=1S/C13H16N4O3S/c18-12(19)13(4-1-7-20-13)8-10-9-17(16-15-10)6-3-11-2-5-14-21-11/h2,5,9H,1,3-4,6-8H2,(H,18,19). The quantitative estimate of drug-likeness (QED) is 0.861. The average molecular weight is 308 g/mol. The van der Waals surface area contributed by atoms with Gasteiger partial charge in [-0.15, -0.1) is 5.10 Å². The van der Waals surface area contributed by atoms with Crippen LogP contribution in [0.2, 0.25) is 0 Å². The summed E-state index contributed by atoms with van der Waals surface area (Å²) in [5, 5.41) is 17.5. The monoisotopic (exact) mass is 308 g/mol. The molecule has 0 bridgehead atoms. The van der Waals surface area contributed by atoms with Crippen molar-refractivity contribution in [3.05, 3.63) is 29.0 Å². The van der Waals surface area contributed by atoms with E-state index in [2.05, 4.69) is 14.7 Å². The maximum atomic E-state index is 11.4. The van der Waals surface area contributed by atoms with Gasteiger partial charge >= 0.3 is 5.97 Å². The minimum Gasteiger partial charge on any atom is -0.479 e. The molecule has 2 aromatic heterocycles. The fourth-order valence-corrected chi connectivity index (χ4v) is 3.06. The van der Waals surface area contributed by atoms with Crippen molar-refractivity contribution in [1.82, 2.24) is 19.4 Å². The van der Waals surface area contributed by atoms with Crippen LogP contribution in [0.15, 0.2) is 18.5 Å². The number of carboxylic acids is 1. The highest BCUT2D eigenvalue weighted by atomic mass is 32.1. The van der Waals surface area contributed by atoms with E-state index in [9.17, 15) is 9.90 Å². The lowest BCUT2D eigenvalue weighted by atomic mass is 9.95. The Balaban J connectivity index is 1.63. The molecule has 1 aliphatic heterocycles. The van der Waals surface area contributed by atoms with E-state index in [4.69, 9.17) is 4.74 Å². The summed E-state index contributed by atoms with van der Waals surface area (Å²) in [6.45, 7) is 1.20. The van der Waals surface area contributed by atoms with Gasteiger partial charge in [0.05, 0.1) is 5.69 Å². The third-order valence-corrected chi connectivity index (χ3v) is 4.43. The molecule has 0 saturated carbocycles. The number of aromatic nitrogens is 4. The van der Waals surface area contributed by atoms with Crippen LogP contribution in [0, 0.1) is 0 Å². The molecule has 1 atom stereocenters. The maximum Gasteiger partial charge on any atom is 0.336 e. The fourth-order valence-electron chi connectivity index (χ4n) is 2.50. The second-order valence-corrected chi connectivity index (χ2v) is 6.05. The molecule has 1 aliphatic rings. The smallest absolute Gasteiger partial charge is 0.336 e. The molecule has 112 valence electrons. The van der Waals surface area contributed by atoms with E-state index in [1.165, 1.54) is 16.4 Å². The molecule has 21 heavy (non-hydrogen) atoms. The van der Waals surface area contributed by atoms with Crippen LogP contribution in [0.4, 0.5) is 0 Å². The second kappa shape index (κ2) is 5.90. The second-order valence-electron chi connectivity index (χ2n) is 5.13. The normalized spacial score (nSPS) is 21.7. The summed E-state index contributed by atoms with van der Waals surface area (Å²) in [4.78, 5) is 12.6. The van der Waals surface area contributed by atoms with Gasteiger partial charge in [-0.05, 0) is 30.4 Å². The van der Waals surface area contributed by atoms with Crippen molar-refractivity contribution in [2.24, 2.45) is 0 Å². The first-order valence-electron chi connectivity index (χ1n) is 6.84. The Bertz CT molecular complexity index is 605. The first kappa shape index (κ1) is 14.2. The highest BCUT2D eigenvalue weighted by molar-refractivity contribution is 7.05. The first-order chi connectivity index (χ1) is 10.2. The van der Waals surface area contributed by atoms with Crippen molar-refractivity contribution < 1.29 is 14.6 Å². The summed E-state index contributed by atoms with van der Waals surface area (Å²) in [7, 11) is 0. The van der Waals surface area contributed by atoms with Gasteiger partial charge in [-0.1, -0.05) is 5.21 Å². The zero-order chi connectivity index (χ0) is 14.7. The van der Waals surface area contributed by atoms with Gasteiger partial charge in [-0.2, -0.15) is 0 Å². The number of aryl methyl sites for hydroxylation is 2. The maximum absolute atomic E-state index is 11.4. The molecule has 2 aromatic rings. The lowest BCUT2D eigenvalue weighted by molar-refractivity contribution is -0.160. The van der Waals surface area contributed by atoms with Crippen LogP contribution in [0.5, 0.6) is 0 Å². The highest BCUT2D eigenvalue weighted by Gasteiger charge is 2.43. The Morgan fingerprint density at radius 2 is 2.48 bits per heavy atom. The topological polar surface area (TPSA) is 90.1 Å². The van der Waals surface area contributed by atoms with Gasteiger partial charge in [0.25, 0.3) is 0 Å². The summed E-state index contributed by atoms with van der Waals surface area (Å²) in [5.74, 6) is -0.917. The molecule has 1 N–H and O–H groups in total.